The van der Waals surface area contributed by atoms with Crippen LogP contribution in [0.5, 0.6) is 0 Å². The number of hydrogen-bond acceptors (Lipinski definition) is 4. The Kier molecular flexibility index (Phi) is 5.00. The molecule has 0 saturated heterocycles. The number of amides is 1. The maximum atomic E-state index is 11.7. The predicted octanol–water partition coefficient (Wildman–Crippen LogP) is 3.11. The van der Waals surface area contributed by atoms with Crippen molar-refractivity contribution in [3.8, 4) is 0 Å². The lowest BCUT2D eigenvalue weighted by Crippen LogP contribution is -2.26. The van der Waals surface area contributed by atoms with Crippen LogP contribution < -0.4 is 10.7 Å². The summed E-state index contributed by atoms with van der Waals surface area (Å²) >= 11 is 6.01. The summed E-state index contributed by atoms with van der Waals surface area (Å²) in [4.78, 5) is 11.7. The Morgan fingerprint density at radius 1 is 1.33 bits per heavy atom. The molecule has 2 N–H and O–H groups in total. The van der Waals surface area contributed by atoms with E-state index in [4.69, 9.17) is 16.0 Å². The van der Waals surface area contributed by atoms with Gasteiger partial charge in [-0.25, -0.2) is 5.43 Å². The first-order chi connectivity index (χ1) is 10.1. The fourth-order valence-electron chi connectivity index (χ4n) is 1.70. The standard InChI is InChI=1S/C15H16ClN3O2/c1-10-6-7-12(21-10)8-18-19-15(20)9-17-14-5-3-4-13(16)11(14)2/h3-8,17H,9H2,1-2H3,(H,19,20)/b18-8-. The molecule has 2 aromatic rings. The molecule has 2 rings (SSSR count). The van der Waals surface area contributed by atoms with Crippen molar-refractivity contribution in [3.05, 3.63) is 52.4 Å². The van der Waals surface area contributed by atoms with E-state index in [0.717, 1.165) is 17.0 Å². The van der Waals surface area contributed by atoms with Crippen molar-refractivity contribution in [2.45, 2.75) is 13.8 Å². The van der Waals surface area contributed by atoms with Gasteiger partial charge in [-0.15, -0.1) is 0 Å². The van der Waals surface area contributed by atoms with Crippen molar-refractivity contribution in [2.75, 3.05) is 11.9 Å². The van der Waals surface area contributed by atoms with Gasteiger partial charge in [-0.1, -0.05) is 17.7 Å². The second-order valence-corrected chi connectivity index (χ2v) is 4.91. The van der Waals surface area contributed by atoms with Gasteiger partial charge >= 0.3 is 0 Å². The van der Waals surface area contributed by atoms with Crippen molar-refractivity contribution >= 4 is 29.4 Å². The number of halogens is 1. The Hall–Kier alpha value is -2.27. The lowest BCUT2D eigenvalue weighted by Gasteiger charge is -2.09. The van der Waals surface area contributed by atoms with E-state index in [9.17, 15) is 4.79 Å². The largest absolute Gasteiger partial charge is 0.460 e. The fraction of sp³-hybridized carbons (Fsp3) is 0.200. The second kappa shape index (κ2) is 6.95. The van der Waals surface area contributed by atoms with Crippen LogP contribution in [0.2, 0.25) is 5.02 Å². The third-order valence-electron chi connectivity index (χ3n) is 2.85. The summed E-state index contributed by atoms with van der Waals surface area (Å²) in [5.74, 6) is 1.13. The molecule has 0 aliphatic rings. The Balaban J connectivity index is 1.82. The van der Waals surface area contributed by atoms with Crippen molar-refractivity contribution in [2.24, 2.45) is 5.10 Å². The van der Waals surface area contributed by atoms with Gasteiger partial charge in [-0.05, 0) is 43.7 Å². The molecule has 6 heteroatoms. The molecule has 0 unspecified atom stereocenters. The van der Waals surface area contributed by atoms with Gasteiger partial charge in [0, 0.05) is 10.7 Å². The van der Waals surface area contributed by atoms with Gasteiger partial charge < -0.3 is 9.73 Å². The average molecular weight is 306 g/mol. The highest BCUT2D eigenvalue weighted by molar-refractivity contribution is 6.31. The van der Waals surface area contributed by atoms with Gasteiger partial charge in [-0.2, -0.15) is 5.10 Å². The number of carbonyl (C=O) groups is 1. The number of furan rings is 1. The molecule has 0 radical (unpaired) electrons. The molecule has 0 spiro atoms. The summed E-state index contributed by atoms with van der Waals surface area (Å²) in [6.45, 7) is 3.84. The first kappa shape index (κ1) is 15.1. The normalized spacial score (nSPS) is 10.8. The van der Waals surface area contributed by atoms with Crippen molar-refractivity contribution < 1.29 is 9.21 Å². The zero-order valence-electron chi connectivity index (χ0n) is 11.8. The van der Waals surface area contributed by atoms with E-state index >= 15 is 0 Å². The topological polar surface area (TPSA) is 66.6 Å². The van der Waals surface area contributed by atoms with Gasteiger partial charge in [0.1, 0.15) is 11.5 Å². The second-order valence-electron chi connectivity index (χ2n) is 4.51. The highest BCUT2D eigenvalue weighted by Crippen LogP contribution is 2.22. The highest BCUT2D eigenvalue weighted by atomic mass is 35.5. The molecule has 0 fully saturated rings. The van der Waals surface area contributed by atoms with Crippen LogP contribution >= 0.6 is 11.6 Å². The van der Waals surface area contributed by atoms with Gasteiger partial charge in [-0.3, -0.25) is 4.79 Å². The van der Waals surface area contributed by atoms with E-state index in [1.807, 2.05) is 32.0 Å². The van der Waals surface area contributed by atoms with E-state index in [1.165, 1.54) is 6.21 Å². The molecule has 110 valence electrons. The smallest absolute Gasteiger partial charge is 0.259 e. The first-order valence-electron chi connectivity index (χ1n) is 6.43. The minimum absolute atomic E-state index is 0.107. The van der Waals surface area contributed by atoms with Crippen LogP contribution in [0.15, 0.2) is 39.9 Å². The Labute approximate surface area is 128 Å². The number of nitrogens with one attached hydrogen (secondary N) is 2. The maximum absolute atomic E-state index is 11.7. The molecule has 0 atom stereocenters. The van der Waals surface area contributed by atoms with Gasteiger partial charge in [0.2, 0.25) is 0 Å². The lowest BCUT2D eigenvalue weighted by atomic mass is 10.2. The molecule has 1 aromatic heterocycles. The van der Waals surface area contributed by atoms with E-state index < -0.39 is 0 Å². The number of aryl methyl sites for hydroxylation is 1. The summed E-state index contributed by atoms with van der Waals surface area (Å²) in [7, 11) is 0. The highest BCUT2D eigenvalue weighted by Gasteiger charge is 2.04. The third kappa shape index (κ3) is 4.36. The summed E-state index contributed by atoms with van der Waals surface area (Å²) in [6.07, 6.45) is 1.45. The van der Waals surface area contributed by atoms with Gasteiger partial charge in [0.05, 0.1) is 12.8 Å². The van der Waals surface area contributed by atoms with Gasteiger partial charge in [0.25, 0.3) is 5.91 Å². The number of nitrogens with zero attached hydrogens (tertiary/aromatic N) is 1. The number of benzene rings is 1. The molecule has 1 amide bonds. The van der Waals surface area contributed by atoms with Crippen LogP contribution in [0.1, 0.15) is 17.1 Å². The van der Waals surface area contributed by atoms with E-state index in [0.29, 0.717) is 10.8 Å². The molecular weight excluding hydrogens is 290 g/mol. The van der Waals surface area contributed by atoms with Crippen LogP contribution in [0.25, 0.3) is 0 Å². The molecule has 21 heavy (non-hydrogen) atoms. The number of hydrogen-bond donors (Lipinski definition) is 2. The number of rotatable bonds is 5. The molecular formula is C15H16ClN3O2. The first-order valence-corrected chi connectivity index (χ1v) is 6.81. The van der Waals surface area contributed by atoms with Crippen molar-refractivity contribution in [1.82, 2.24) is 5.43 Å². The van der Waals surface area contributed by atoms with E-state index in [-0.39, 0.29) is 12.5 Å². The van der Waals surface area contributed by atoms with Crippen LogP contribution in [-0.2, 0) is 4.79 Å². The van der Waals surface area contributed by atoms with Gasteiger partial charge in [0.15, 0.2) is 0 Å². The van der Waals surface area contributed by atoms with Crippen molar-refractivity contribution in [3.63, 3.8) is 0 Å². The minimum atomic E-state index is -0.256. The summed E-state index contributed by atoms with van der Waals surface area (Å²) < 4.78 is 5.29. The van der Waals surface area contributed by atoms with Crippen LogP contribution in [0.3, 0.4) is 0 Å². The zero-order chi connectivity index (χ0) is 15.2. The molecule has 0 bridgehead atoms. The molecule has 1 heterocycles. The summed E-state index contributed by atoms with van der Waals surface area (Å²) in [5.41, 5.74) is 4.15. The Morgan fingerprint density at radius 2 is 2.14 bits per heavy atom. The third-order valence-corrected chi connectivity index (χ3v) is 3.26. The number of hydrazone groups is 1. The average Bonchev–Trinajstić information content (AvgIpc) is 2.86. The van der Waals surface area contributed by atoms with Crippen LogP contribution in [0.4, 0.5) is 5.69 Å². The monoisotopic (exact) mass is 305 g/mol. The Bertz CT molecular complexity index is 665. The van der Waals surface area contributed by atoms with E-state index in [2.05, 4.69) is 15.8 Å². The SMILES string of the molecule is Cc1ccc(/C=N\NC(=O)CNc2cccc(Cl)c2C)o1. The fourth-order valence-corrected chi connectivity index (χ4v) is 1.88. The van der Waals surface area contributed by atoms with E-state index in [1.54, 1.807) is 12.1 Å². The molecule has 0 aliphatic heterocycles. The summed E-state index contributed by atoms with van der Waals surface area (Å²) in [6, 6.07) is 9.10. The number of carbonyl (C=O) groups excluding carboxylic acids is 1. The molecule has 5 nitrogen and oxygen atoms in total. The molecule has 0 saturated carbocycles. The van der Waals surface area contributed by atoms with Crippen LogP contribution in [-0.4, -0.2) is 18.7 Å². The Morgan fingerprint density at radius 3 is 2.86 bits per heavy atom. The molecule has 1 aromatic carbocycles. The van der Waals surface area contributed by atoms with Crippen LogP contribution in [0, 0.1) is 13.8 Å². The summed E-state index contributed by atoms with van der Waals surface area (Å²) in [5, 5.41) is 7.49. The lowest BCUT2D eigenvalue weighted by molar-refractivity contribution is -0.119. The quantitative estimate of drug-likeness (QED) is 0.659. The maximum Gasteiger partial charge on any atom is 0.259 e. The van der Waals surface area contributed by atoms with Crippen molar-refractivity contribution in [1.29, 1.82) is 0 Å². The zero-order valence-corrected chi connectivity index (χ0v) is 12.6. The predicted molar refractivity (Wildman–Crippen MR) is 83.9 cm³/mol. The molecule has 0 aliphatic carbocycles. The number of anilines is 1. The minimum Gasteiger partial charge on any atom is -0.460 e.